The molecular formula is C17H17N3O4S. The second-order valence-corrected chi connectivity index (χ2v) is 6.85. The van der Waals surface area contributed by atoms with Gasteiger partial charge in [-0.05, 0) is 12.1 Å². The van der Waals surface area contributed by atoms with Crippen molar-refractivity contribution in [2.45, 2.75) is 6.42 Å². The van der Waals surface area contributed by atoms with Gasteiger partial charge in [-0.2, -0.15) is 4.99 Å². The maximum Gasteiger partial charge on any atom is 0.253 e. The minimum Gasteiger partial charge on any atom is -0.486 e. The highest BCUT2D eigenvalue weighted by Crippen LogP contribution is 2.36. The predicted octanol–water partition coefficient (Wildman–Crippen LogP) is 1.34. The molecule has 3 heterocycles. The molecule has 0 aliphatic carbocycles. The Balaban J connectivity index is 1.54. The van der Waals surface area contributed by atoms with Gasteiger partial charge in [-0.15, -0.1) is 11.3 Å². The van der Waals surface area contributed by atoms with Crippen molar-refractivity contribution in [2.75, 3.05) is 24.7 Å². The molecule has 1 atom stereocenters. The van der Waals surface area contributed by atoms with Crippen LogP contribution in [0.25, 0.3) is 0 Å². The van der Waals surface area contributed by atoms with Crippen molar-refractivity contribution in [1.29, 1.82) is 0 Å². The molecule has 25 heavy (non-hydrogen) atoms. The maximum atomic E-state index is 12.4. The number of carbonyl (C=O) groups is 2. The molecule has 0 saturated carbocycles. The number of fused-ring (bicyclic) bond motifs is 1. The second kappa shape index (κ2) is 6.36. The molecule has 4 rings (SSSR count). The Morgan fingerprint density at radius 1 is 1.28 bits per heavy atom. The molecule has 130 valence electrons. The van der Waals surface area contributed by atoms with E-state index < -0.39 is 5.92 Å². The van der Waals surface area contributed by atoms with Crippen molar-refractivity contribution in [2.24, 2.45) is 18.0 Å². The SMILES string of the molecule is Cn1ccsc1=NC(=O)[C@H]1CC(=O)N(c2ccc3c(c2)OCCO3)C1. The molecule has 0 unspecified atom stereocenters. The number of anilines is 1. The topological polar surface area (TPSA) is 73.1 Å². The minimum atomic E-state index is -0.428. The Bertz CT molecular complexity index is 901. The molecule has 2 amide bonds. The van der Waals surface area contributed by atoms with E-state index in [-0.39, 0.29) is 18.2 Å². The molecule has 0 bridgehead atoms. The lowest BCUT2D eigenvalue weighted by Gasteiger charge is -2.22. The van der Waals surface area contributed by atoms with Gasteiger partial charge in [0.05, 0.1) is 5.92 Å². The zero-order chi connectivity index (χ0) is 17.4. The van der Waals surface area contributed by atoms with E-state index in [1.165, 1.54) is 11.3 Å². The van der Waals surface area contributed by atoms with Crippen LogP contribution < -0.4 is 19.2 Å². The molecule has 2 aliphatic heterocycles. The number of nitrogens with zero attached hydrogens (tertiary/aromatic N) is 3. The number of rotatable bonds is 2. The molecule has 8 heteroatoms. The Morgan fingerprint density at radius 3 is 2.84 bits per heavy atom. The quantitative estimate of drug-likeness (QED) is 0.811. The van der Waals surface area contributed by atoms with Crippen molar-refractivity contribution < 1.29 is 19.1 Å². The van der Waals surface area contributed by atoms with Gasteiger partial charge in [0.1, 0.15) is 13.2 Å². The molecular weight excluding hydrogens is 342 g/mol. The van der Waals surface area contributed by atoms with E-state index in [0.29, 0.717) is 41.7 Å². The fourth-order valence-electron chi connectivity index (χ4n) is 2.94. The molecule has 0 spiro atoms. The highest BCUT2D eigenvalue weighted by atomic mass is 32.1. The summed E-state index contributed by atoms with van der Waals surface area (Å²) in [6.45, 7) is 1.34. The van der Waals surface area contributed by atoms with Crippen LogP contribution in [0.1, 0.15) is 6.42 Å². The normalized spacial score (nSPS) is 20.2. The number of hydrogen-bond donors (Lipinski definition) is 0. The number of aryl methyl sites for hydroxylation is 1. The van der Waals surface area contributed by atoms with Crippen LogP contribution in [0.5, 0.6) is 11.5 Å². The minimum absolute atomic E-state index is 0.0826. The molecule has 1 aromatic carbocycles. The van der Waals surface area contributed by atoms with E-state index in [2.05, 4.69) is 4.99 Å². The first-order valence-corrected chi connectivity index (χ1v) is 8.88. The van der Waals surface area contributed by atoms with Gasteiger partial charge in [0, 0.05) is 43.3 Å². The van der Waals surface area contributed by atoms with Gasteiger partial charge in [-0.1, -0.05) is 0 Å². The first-order chi connectivity index (χ1) is 12.1. The van der Waals surface area contributed by atoms with Crippen molar-refractivity contribution >= 4 is 28.8 Å². The first-order valence-electron chi connectivity index (χ1n) is 8.00. The number of thiazole rings is 1. The van der Waals surface area contributed by atoms with Crippen molar-refractivity contribution in [3.05, 3.63) is 34.6 Å². The largest absolute Gasteiger partial charge is 0.486 e. The number of ether oxygens (including phenoxy) is 2. The van der Waals surface area contributed by atoms with Crippen LogP contribution in [-0.4, -0.2) is 36.1 Å². The van der Waals surface area contributed by atoms with Crippen LogP contribution >= 0.6 is 11.3 Å². The van der Waals surface area contributed by atoms with Gasteiger partial charge in [0.15, 0.2) is 16.3 Å². The number of hydrogen-bond acceptors (Lipinski definition) is 5. The molecule has 1 aromatic heterocycles. The average molecular weight is 359 g/mol. The fraction of sp³-hybridized carbons (Fsp3) is 0.353. The van der Waals surface area contributed by atoms with E-state index in [1.54, 1.807) is 21.6 Å². The molecule has 2 aliphatic rings. The lowest BCUT2D eigenvalue weighted by Crippen LogP contribution is -2.26. The Labute approximate surface area is 148 Å². The van der Waals surface area contributed by atoms with Crippen LogP contribution in [0, 0.1) is 5.92 Å². The summed E-state index contributed by atoms with van der Waals surface area (Å²) >= 11 is 1.40. The van der Waals surface area contributed by atoms with Crippen LogP contribution in [0.3, 0.4) is 0 Å². The van der Waals surface area contributed by atoms with Gasteiger partial charge >= 0.3 is 0 Å². The summed E-state index contributed by atoms with van der Waals surface area (Å²) in [6, 6.07) is 5.40. The Hall–Kier alpha value is -2.61. The van der Waals surface area contributed by atoms with Crippen LogP contribution in [0.4, 0.5) is 5.69 Å². The predicted molar refractivity (Wildman–Crippen MR) is 91.8 cm³/mol. The van der Waals surface area contributed by atoms with Crippen LogP contribution in [0.15, 0.2) is 34.8 Å². The van der Waals surface area contributed by atoms with Gasteiger partial charge < -0.3 is 18.9 Å². The zero-order valence-corrected chi connectivity index (χ0v) is 14.5. The van der Waals surface area contributed by atoms with Crippen molar-refractivity contribution in [3.8, 4) is 11.5 Å². The van der Waals surface area contributed by atoms with Crippen LogP contribution in [0.2, 0.25) is 0 Å². The number of amides is 2. The third kappa shape index (κ3) is 3.05. The lowest BCUT2D eigenvalue weighted by molar-refractivity contribution is -0.123. The van der Waals surface area contributed by atoms with E-state index in [1.807, 2.05) is 24.7 Å². The van der Waals surface area contributed by atoms with Crippen LogP contribution in [-0.2, 0) is 16.6 Å². The highest BCUT2D eigenvalue weighted by Gasteiger charge is 2.35. The maximum absolute atomic E-state index is 12.4. The monoisotopic (exact) mass is 359 g/mol. The Kier molecular flexibility index (Phi) is 4.04. The molecule has 2 aromatic rings. The van der Waals surface area contributed by atoms with E-state index >= 15 is 0 Å². The smallest absolute Gasteiger partial charge is 0.253 e. The van der Waals surface area contributed by atoms with Crippen molar-refractivity contribution in [3.63, 3.8) is 0 Å². The standard InChI is InChI=1S/C17H17N3O4S/c1-19-4-7-25-17(19)18-16(22)11-8-15(21)20(10-11)12-2-3-13-14(9-12)24-6-5-23-13/h2-4,7,9,11H,5-6,8,10H2,1H3/t11-/m0/s1. The van der Waals surface area contributed by atoms with Gasteiger partial charge in [0.2, 0.25) is 5.91 Å². The first kappa shape index (κ1) is 15.9. The zero-order valence-electron chi connectivity index (χ0n) is 13.7. The number of carbonyl (C=O) groups excluding carboxylic acids is 2. The summed E-state index contributed by atoms with van der Waals surface area (Å²) in [6.07, 6.45) is 2.02. The van der Waals surface area contributed by atoms with Gasteiger partial charge in [-0.25, -0.2) is 0 Å². The summed E-state index contributed by atoms with van der Waals surface area (Å²) < 4.78 is 12.9. The third-order valence-corrected chi connectivity index (χ3v) is 5.13. The van der Waals surface area contributed by atoms with E-state index in [9.17, 15) is 9.59 Å². The molecule has 0 N–H and O–H groups in total. The summed E-state index contributed by atoms with van der Waals surface area (Å²) in [4.78, 5) is 31.2. The second-order valence-electron chi connectivity index (χ2n) is 5.98. The average Bonchev–Trinajstić information content (AvgIpc) is 3.20. The number of aromatic nitrogens is 1. The molecule has 1 fully saturated rings. The highest BCUT2D eigenvalue weighted by molar-refractivity contribution is 7.07. The van der Waals surface area contributed by atoms with E-state index in [0.717, 1.165) is 0 Å². The van der Waals surface area contributed by atoms with Gasteiger partial charge in [-0.3, -0.25) is 9.59 Å². The summed E-state index contributed by atoms with van der Waals surface area (Å²) in [5.41, 5.74) is 0.714. The van der Waals surface area contributed by atoms with E-state index in [4.69, 9.17) is 9.47 Å². The third-order valence-electron chi connectivity index (χ3n) is 4.28. The number of benzene rings is 1. The van der Waals surface area contributed by atoms with Crippen molar-refractivity contribution in [1.82, 2.24) is 4.57 Å². The summed E-state index contributed by atoms with van der Waals surface area (Å²) in [5, 5.41) is 1.87. The van der Waals surface area contributed by atoms with Gasteiger partial charge in [0.25, 0.3) is 5.91 Å². The summed E-state index contributed by atoms with van der Waals surface area (Å²) in [5.74, 6) is 0.533. The lowest BCUT2D eigenvalue weighted by atomic mass is 10.1. The Morgan fingerprint density at radius 2 is 2.08 bits per heavy atom. The molecule has 1 saturated heterocycles. The molecule has 0 radical (unpaired) electrons. The summed E-state index contributed by atoms with van der Waals surface area (Å²) in [7, 11) is 1.84. The molecule has 7 nitrogen and oxygen atoms in total. The fourth-order valence-corrected chi connectivity index (χ4v) is 3.68.